The second-order valence-electron chi connectivity index (χ2n) is 7.15. The average molecular weight is 285 g/mol. The molecular formula is C19H27NO. The van der Waals surface area contributed by atoms with E-state index in [0.29, 0.717) is 12.2 Å². The molecule has 0 spiro atoms. The first kappa shape index (κ1) is 13.8. The molecule has 3 unspecified atom stereocenters. The molecule has 0 saturated carbocycles. The number of aryl methyl sites for hydroxylation is 2. The molecule has 2 bridgehead atoms. The third-order valence-electron chi connectivity index (χ3n) is 5.67. The fourth-order valence-electron chi connectivity index (χ4n) is 4.46. The molecule has 2 heteroatoms. The molecule has 1 aromatic carbocycles. The minimum absolute atomic E-state index is 0.584. The van der Waals surface area contributed by atoms with Crippen molar-refractivity contribution in [1.29, 1.82) is 0 Å². The third kappa shape index (κ3) is 3.02. The summed E-state index contributed by atoms with van der Waals surface area (Å²) >= 11 is 0. The summed E-state index contributed by atoms with van der Waals surface area (Å²) in [6, 6.07) is 7.11. The van der Waals surface area contributed by atoms with E-state index in [1.165, 1.54) is 56.9 Å². The largest absolute Gasteiger partial charge is 0.375 e. The van der Waals surface area contributed by atoms with Gasteiger partial charge in [0.25, 0.3) is 0 Å². The van der Waals surface area contributed by atoms with Crippen LogP contribution in [0.3, 0.4) is 0 Å². The first-order chi connectivity index (χ1) is 10.4. The van der Waals surface area contributed by atoms with Crippen molar-refractivity contribution in [2.45, 2.75) is 70.1 Å². The Labute approximate surface area is 128 Å². The molecule has 0 radical (unpaired) electrons. The molecule has 2 aliphatic heterocycles. The summed E-state index contributed by atoms with van der Waals surface area (Å²) in [6.45, 7) is 2.16. The summed E-state index contributed by atoms with van der Waals surface area (Å²) in [5, 5.41) is 3.64. The van der Waals surface area contributed by atoms with Gasteiger partial charge in [-0.3, -0.25) is 0 Å². The first-order valence-electron chi connectivity index (χ1n) is 8.85. The third-order valence-corrected chi connectivity index (χ3v) is 5.67. The summed E-state index contributed by atoms with van der Waals surface area (Å²) < 4.78 is 5.93. The quantitative estimate of drug-likeness (QED) is 0.834. The van der Waals surface area contributed by atoms with Crippen LogP contribution in [-0.4, -0.2) is 18.8 Å². The molecule has 1 N–H and O–H groups in total. The van der Waals surface area contributed by atoms with E-state index < -0.39 is 0 Å². The van der Waals surface area contributed by atoms with E-state index in [-0.39, 0.29) is 0 Å². The van der Waals surface area contributed by atoms with E-state index in [2.05, 4.69) is 23.5 Å². The number of benzene rings is 1. The molecule has 2 nitrogen and oxygen atoms in total. The van der Waals surface area contributed by atoms with Gasteiger partial charge < -0.3 is 10.1 Å². The van der Waals surface area contributed by atoms with Crippen molar-refractivity contribution >= 4 is 0 Å². The minimum Gasteiger partial charge on any atom is -0.375 e. The van der Waals surface area contributed by atoms with Crippen LogP contribution in [-0.2, 0) is 24.1 Å². The average Bonchev–Trinajstić information content (AvgIpc) is 3.14. The highest BCUT2D eigenvalue weighted by molar-refractivity contribution is 5.33. The lowest BCUT2D eigenvalue weighted by Gasteiger charge is -2.19. The number of nitrogens with one attached hydrogen (secondary N) is 1. The molecule has 0 aromatic heterocycles. The molecule has 0 amide bonds. The predicted molar refractivity (Wildman–Crippen MR) is 85.4 cm³/mol. The van der Waals surface area contributed by atoms with Gasteiger partial charge in [0.1, 0.15) is 0 Å². The van der Waals surface area contributed by atoms with Gasteiger partial charge in [-0.15, -0.1) is 0 Å². The van der Waals surface area contributed by atoms with Gasteiger partial charge in [-0.25, -0.2) is 0 Å². The normalized spacial score (nSPS) is 30.6. The zero-order chi connectivity index (χ0) is 14.1. The number of hydrogen-bond donors (Lipinski definition) is 1. The Bertz CT molecular complexity index is 498. The van der Waals surface area contributed by atoms with E-state index in [1.807, 2.05) is 0 Å². The smallest absolute Gasteiger partial charge is 0.0609 e. The van der Waals surface area contributed by atoms with E-state index in [9.17, 15) is 0 Å². The monoisotopic (exact) mass is 285 g/mol. The molecule has 21 heavy (non-hydrogen) atoms. The fraction of sp³-hybridized carbons (Fsp3) is 0.684. The number of fused-ring (bicyclic) bond motifs is 3. The van der Waals surface area contributed by atoms with Crippen LogP contribution < -0.4 is 5.32 Å². The lowest BCUT2D eigenvalue weighted by molar-refractivity contribution is 0.0913. The molecule has 2 saturated heterocycles. The number of ether oxygens (including phenoxy) is 1. The lowest BCUT2D eigenvalue weighted by Crippen LogP contribution is -2.23. The number of rotatable bonds is 5. The van der Waals surface area contributed by atoms with Crippen molar-refractivity contribution in [2.75, 3.05) is 6.54 Å². The van der Waals surface area contributed by atoms with Crippen molar-refractivity contribution in [3.63, 3.8) is 0 Å². The molecule has 2 heterocycles. The zero-order valence-corrected chi connectivity index (χ0v) is 12.9. The molecular weight excluding hydrogens is 258 g/mol. The summed E-state index contributed by atoms with van der Waals surface area (Å²) in [6.07, 6.45) is 11.7. The molecule has 4 rings (SSSR count). The second kappa shape index (κ2) is 6.10. The zero-order valence-electron chi connectivity index (χ0n) is 12.9. The summed E-state index contributed by atoms with van der Waals surface area (Å²) in [5.41, 5.74) is 4.64. The van der Waals surface area contributed by atoms with Crippen LogP contribution in [0.5, 0.6) is 0 Å². The Hall–Kier alpha value is -0.860. The Morgan fingerprint density at radius 1 is 1.10 bits per heavy atom. The van der Waals surface area contributed by atoms with Crippen molar-refractivity contribution in [2.24, 2.45) is 5.92 Å². The maximum absolute atomic E-state index is 5.93. The predicted octanol–water partition coefficient (Wildman–Crippen LogP) is 3.61. The van der Waals surface area contributed by atoms with E-state index in [4.69, 9.17) is 4.74 Å². The van der Waals surface area contributed by atoms with Crippen LogP contribution in [0.1, 0.15) is 55.2 Å². The molecule has 114 valence electrons. The van der Waals surface area contributed by atoms with E-state index >= 15 is 0 Å². The Balaban J connectivity index is 1.24. The van der Waals surface area contributed by atoms with Crippen LogP contribution in [0.2, 0.25) is 0 Å². The highest BCUT2D eigenvalue weighted by Gasteiger charge is 2.39. The molecule has 3 aliphatic rings. The topological polar surface area (TPSA) is 21.3 Å². The van der Waals surface area contributed by atoms with Gasteiger partial charge in [0.15, 0.2) is 0 Å². The number of hydrogen-bond acceptors (Lipinski definition) is 2. The summed E-state index contributed by atoms with van der Waals surface area (Å²) in [7, 11) is 0. The van der Waals surface area contributed by atoms with Gasteiger partial charge in [0.2, 0.25) is 0 Å². The minimum atomic E-state index is 0.584. The van der Waals surface area contributed by atoms with Crippen LogP contribution >= 0.6 is 0 Å². The fourth-order valence-corrected chi connectivity index (χ4v) is 4.46. The van der Waals surface area contributed by atoms with Gasteiger partial charge >= 0.3 is 0 Å². The maximum Gasteiger partial charge on any atom is 0.0609 e. The molecule has 1 aromatic rings. The van der Waals surface area contributed by atoms with Crippen LogP contribution in [0, 0.1) is 5.92 Å². The van der Waals surface area contributed by atoms with Crippen LogP contribution in [0.4, 0.5) is 0 Å². The Morgan fingerprint density at radius 2 is 2.00 bits per heavy atom. The first-order valence-corrected chi connectivity index (χ1v) is 8.85. The maximum atomic E-state index is 5.93. The summed E-state index contributed by atoms with van der Waals surface area (Å²) in [4.78, 5) is 0. The Kier molecular flexibility index (Phi) is 4.00. The summed E-state index contributed by atoms with van der Waals surface area (Å²) in [5.74, 6) is 0.819. The van der Waals surface area contributed by atoms with Crippen molar-refractivity contribution in [3.8, 4) is 0 Å². The standard InChI is InChI=1S/C19H27NO/c1-2-4-16-11-14(5-6-15(16)3-1)13-20-10-9-17-12-18-7-8-19(17)21-18/h5-6,11,17-20H,1-4,7-10,12-13H2. The second-order valence-corrected chi connectivity index (χ2v) is 7.15. The van der Waals surface area contributed by atoms with Crippen LogP contribution in [0.15, 0.2) is 18.2 Å². The SMILES string of the molecule is c1cc2c(cc1CNCCC1CC3CCC1O3)CCCC2. The Morgan fingerprint density at radius 3 is 2.81 bits per heavy atom. The highest BCUT2D eigenvalue weighted by atomic mass is 16.5. The van der Waals surface area contributed by atoms with Crippen molar-refractivity contribution < 1.29 is 4.74 Å². The molecule has 2 fully saturated rings. The van der Waals surface area contributed by atoms with Crippen molar-refractivity contribution in [1.82, 2.24) is 5.32 Å². The highest BCUT2D eigenvalue weighted by Crippen LogP contribution is 2.40. The lowest BCUT2D eigenvalue weighted by atomic mass is 9.87. The van der Waals surface area contributed by atoms with E-state index in [0.717, 1.165) is 19.0 Å². The van der Waals surface area contributed by atoms with E-state index in [1.54, 1.807) is 11.1 Å². The van der Waals surface area contributed by atoms with Gasteiger partial charge in [-0.2, -0.15) is 0 Å². The molecule has 3 atom stereocenters. The molecule has 1 aliphatic carbocycles. The van der Waals surface area contributed by atoms with Gasteiger partial charge in [-0.05, 0) is 80.5 Å². The van der Waals surface area contributed by atoms with Crippen LogP contribution in [0.25, 0.3) is 0 Å². The van der Waals surface area contributed by atoms with Gasteiger partial charge in [0, 0.05) is 6.54 Å². The van der Waals surface area contributed by atoms with Gasteiger partial charge in [-0.1, -0.05) is 18.2 Å². The van der Waals surface area contributed by atoms with Crippen molar-refractivity contribution in [3.05, 3.63) is 34.9 Å². The van der Waals surface area contributed by atoms with Gasteiger partial charge in [0.05, 0.1) is 12.2 Å².